The van der Waals surface area contributed by atoms with Gasteiger partial charge in [0.1, 0.15) is 5.75 Å². The lowest BCUT2D eigenvalue weighted by atomic mass is 10.1. The van der Waals surface area contributed by atoms with Crippen LogP contribution in [0.5, 0.6) is 5.75 Å². The molecule has 0 aromatic heterocycles. The molecule has 0 radical (unpaired) electrons. The average Bonchev–Trinajstić information content (AvgIpc) is 2.74. The lowest BCUT2D eigenvalue weighted by molar-refractivity contribution is 0.00990. The summed E-state index contributed by atoms with van der Waals surface area (Å²) in [6.45, 7) is 12.2. The van der Waals surface area contributed by atoms with Crippen molar-refractivity contribution in [3.8, 4) is 5.75 Å². The van der Waals surface area contributed by atoms with Crippen LogP contribution in [-0.4, -0.2) is 63.5 Å². The fourth-order valence-corrected chi connectivity index (χ4v) is 3.23. The quantitative estimate of drug-likeness (QED) is 0.199. The minimum atomic E-state index is 0. The molecule has 0 aliphatic carbocycles. The summed E-state index contributed by atoms with van der Waals surface area (Å²) in [5.41, 5.74) is 1.19. The molecule has 0 bridgehead atoms. The van der Waals surface area contributed by atoms with Gasteiger partial charge in [0.05, 0.1) is 19.3 Å². The molecule has 0 saturated carbocycles. The van der Waals surface area contributed by atoms with Gasteiger partial charge < -0.3 is 24.4 Å². The van der Waals surface area contributed by atoms with Crippen LogP contribution in [0.3, 0.4) is 0 Å². The highest BCUT2D eigenvalue weighted by Gasteiger charge is 2.21. The van der Waals surface area contributed by atoms with E-state index >= 15 is 0 Å². The van der Waals surface area contributed by atoms with Gasteiger partial charge in [-0.3, -0.25) is 0 Å². The molecule has 1 aromatic carbocycles. The van der Waals surface area contributed by atoms with Gasteiger partial charge in [0.2, 0.25) is 0 Å². The SMILES string of the molecule is CCNC(=NCc1ccc(OCC(C)C)cc1)N1CCC(OCCCOC)CC1.I. The Hall–Kier alpha value is -1.06. The zero-order valence-corrected chi connectivity index (χ0v) is 21.4. The van der Waals surface area contributed by atoms with Crippen LogP contribution in [0, 0.1) is 5.92 Å². The van der Waals surface area contributed by atoms with Crippen LogP contribution in [0.2, 0.25) is 0 Å². The molecule has 6 nitrogen and oxygen atoms in total. The molecule has 172 valence electrons. The first kappa shape index (κ1) is 27.0. The maximum absolute atomic E-state index is 5.97. The molecule has 7 heteroatoms. The van der Waals surface area contributed by atoms with E-state index in [0.717, 1.165) is 70.4 Å². The molecule has 0 amide bonds. The summed E-state index contributed by atoms with van der Waals surface area (Å²) in [6, 6.07) is 8.27. The lowest BCUT2D eigenvalue weighted by Gasteiger charge is -2.34. The first-order valence-corrected chi connectivity index (χ1v) is 11.0. The maximum Gasteiger partial charge on any atom is 0.194 e. The molecule has 2 rings (SSSR count). The zero-order valence-electron chi connectivity index (χ0n) is 19.1. The normalized spacial score (nSPS) is 15.2. The van der Waals surface area contributed by atoms with E-state index in [9.17, 15) is 0 Å². The van der Waals surface area contributed by atoms with E-state index in [1.54, 1.807) is 7.11 Å². The van der Waals surface area contributed by atoms with Crippen molar-refractivity contribution in [2.24, 2.45) is 10.9 Å². The Labute approximate surface area is 199 Å². The van der Waals surface area contributed by atoms with Crippen molar-refractivity contribution in [3.63, 3.8) is 0 Å². The predicted octanol–water partition coefficient (Wildman–Crippen LogP) is 4.32. The van der Waals surface area contributed by atoms with Gasteiger partial charge in [-0.25, -0.2) is 4.99 Å². The van der Waals surface area contributed by atoms with Gasteiger partial charge in [0.25, 0.3) is 0 Å². The molecule has 1 aliphatic heterocycles. The number of ether oxygens (including phenoxy) is 3. The molecule has 1 saturated heterocycles. The Balaban J connectivity index is 0.00000450. The van der Waals surface area contributed by atoms with Gasteiger partial charge in [-0.05, 0) is 49.8 Å². The second kappa shape index (κ2) is 15.7. The molecule has 1 heterocycles. The third-order valence-corrected chi connectivity index (χ3v) is 4.84. The van der Waals surface area contributed by atoms with Crippen LogP contribution in [0.25, 0.3) is 0 Å². The number of hydrogen-bond donors (Lipinski definition) is 1. The number of hydrogen-bond acceptors (Lipinski definition) is 4. The fraction of sp³-hybridized carbons (Fsp3) is 0.696. The Bertz CT molecular complexity index is 588. The molecule has 1 fully saturated rings. The zero-order chi connectivity index (χ0) is 20.9. The number of benzene rings is 1. The largest absolute Gasteiger partial charge is 0.493 e. The van der Waals surface area contributed by atoms with Crippen molar-refractivity contribution in [1.29, 1.82) is 0 Å². The molecular formula is C23H40IN3O3. The molecule has 1 aliphatic rings. The third-order valence-electron chi connectivity index (χ3n) is 4.84. The van der Waals surface area contributed by atoms with Crippen molar-refractivity contribution in [2.45, 2.75) is 52.7 Å². The van der Waals surface area contributed by atoms with E-state index in [2.05, 4.69) is 43.1 Å². The smallest absolute Gasteiger partial charge is 0.194 e. The van der Waals surface area contributed by atoms with E-state index < -0.39 is 0 Å². The van der Waals surface area contributed by atoms with E-state index in [1.165, 1.54) is 5.56 Å². The number of methoxy groups -OCH3 is 1. The summed E-state index contributed by atoms with van der Waals surface area (Å²) in [4.78, 5) is 7.20. The lowest BCUT2D eigenvalue weighted by Crippen LogP contribution is -2.47. The van der Waals surface area contributed by atoms with Gasteiger partial charge in [-0.2, -0.15) is 0 Å². The fourth-order valence-electron chi connectivity index (χ4n) is 3.23. The van der Waals surface area contributed by atoms with E-state index in [-0.39, 0.29) is 24.0 Å². The summed E-state index contributed by atoms with van der Waals surface area (Å²) in [5.74, 6) is 2.44. The molecule has 1 N–H and O–H groups in total. The van der Waals surface area contributed by atoms with Gasteiger partial charge in [-0.15, -0.1) is 24.0 Å². The summed E-state index contributed by atoms with van der Waals surface area (Å²) in [5, 5.41) is 3.44. The number of halogens is 1. The Morgan fingerprint density at radius 2 is 1.87 bits per heavy atom. The number of nitrogens with one attached hydrogen (secondary N) is 1. The van der Waals surface area contributed by atoms with Crippen molar-refractivity contribution in [3.05, 3.63) is 29.8 Å². The first-order chi connectivity index (χ1) is 14.1. The second-order valence-corrected chi connectivity index (χ2v) is 7.92. The Morgan fingerprint density at radius 1 is 1.17 bits per heavy atom. The van der Waals surface area contributed by atoms with Crippen molar-refractivity contribution < 1.29 is 14.2 Å². The molecule has 0 unspecified atom stereocenters. The predicted molar refractivity (Wildman–Crippen MR) is 134 cm³/mol. The van der Waals surface area contributed by atoms with Crippen LogP contribution in [0.1, 0.15) is 45.6 Å². The van der Waals surface area contributed by atoms with Crippen molar-refractivity contribution >= 4 is 29.9 Å². The first-order valence-electron chi connectivity index (χ1n) is 11.0. The number of likely N-dealkylation sites (tertiary alicyclic amines) is 1. The Morgan fingerprint density at radius 3 is 2.47 bits per heavy atom. The molecule has 0 spiro atoms. The van der Waals surface area contributed by atoms with Crippen LogP contribution in [0.15, 0.2) is 29.3 Å². The minimum Gasteiger partial charge on any atom is -0.493 e. The maximum atomic E-state index is 5.97. The average molecular weight is 533 g/mol. The highest BCUT2D eigenvalue weighted by Crippen LogP contribution is 2.16. The summed E-state index contributed by atoms with van der Waals surface area (Å²) in [7, 11) is 1.73. The number of piperidine rings is 1. The van der Waals surface area contributed by atoms with Crippen LogP contribution in [-0.2, 0) is 16.0 Å². The van der Waals surface area contributed by atoms with Crippen LogP contribution >= 0.6 is 24.0 Å². The number of nitrogens with zero attached hydrogens (tertiary/aromatic N) is 2. The molecule has 1 aromatic rings. The number of aliphatic imine (C=N–C) groups is 1. The summed E-state index contributed by atoms with van der Waals surface area (Å²) in [6.07, 6.45) is 3.39. The Kier molecular flexibility index (Phi) is 14.1. The summed E-state index contributed by atoms with van der Waals surface area (Å²) < 4.78 is 16.8. The molecule has 0 atom stereocenters. The monoisotopic (exact) mass is 533 g/mol. The third kappa shape index (κ3) is 10.3. The van der Waals surface area contributed by atoms with Gasteiger partial charge in [0, 0.05) is 40.0 Å². The van der Waals surface area contributed by atoms with Gasteiger partial charge >= 0.3 is 0 Å². The van der Waals surface area contributed by atoms with E-state index in [1.807, 2.05) is 12.1 Å². The highest BCUT2D eigenvalue weighted by atomic mass is 127. The topological polar surface area (TPSA) is 55.3 Å². The van der Waals surface area contributed by atoms with E-state index in [0.29, 0.717) is 18.6 Å². The number of guanidine groups is 1. The van der Waals surface area contributed by atoms with Gasteiger partial charge in [-0.1, -0.05) is 26.0 Å². The van der Waals surface area contributed by atoms with Crippen molar-refractivity contribution in [2.75, 3.05) is 46.6 Å². The minimum absolute atomic E-state index is 0. The van der Waals surface area contributed by atoms with E-state index in [4.69, 9.17) is 19.2 Å². The summed E-state index contributed by atoms with van der Waals surface area (Å²) >= 11 is 0. The second-order valence-electron chi connectivity index (χ2n) is 7.92. The van der Waals surface area contributed by atoms with Crippen LogP contribution in [0.4, 0.5) is 0 Å². The molecule has 30 heavy (non-hydrogen) atoms. The number of rotatable bonds is 11. The molecular weight excluding hydrogens is 493 g/mol. The standard InChI is InChI=1S/C23H39N3O3.HI/c1-5-24-23(26-13-11-22(12-14-26)28-16-6-15-27-4)25-17-20-7-9-21(10-8-20)29-18-19(2)3;/h7-10,19,22H,5-6,11-18H2,1-4H3,(H,24,25);1H. The van der Waals surface area contributed by atoms with Gasteiger partial charge in [0.15, 0.2) is 5.96 Å². The highest BCUT2D eigenvalue weighted by molar-refractivity contribution is 14.0. The van der Waals surface area contributed by atoms with Crippen LogP contribution < -0.4 is 10.1 Å². The van der Waals surface area contributed by atoms with Crippen molar-refractivity contribution in [1.82, 2.24) is 10.2 Å².